The van der Waals surface area contributed by atoms with E-state index < -0.39 is 10.0 Å². The molecule has 0 bridgehead atoms. The Hall–Kier alpha value is -2.07. The summed E-state index contributed by atoms with van der Waals surface area (Å²) >= 11 is 3.42. The van der Waals surface area contributed by atoms with Crippen molar-refractivity contribution >= 4 is 26.0 Å². The number of hydrogen-bond donors (Lipinski definition) is 1. The van der Waals surface area contributed by atoms with Gasteiger partial charge in [-0.05, 0) is 61.2 Å². The third-order valence-corrected chi connectivity index (χ3v) is 7.57. The predicted molar refractivity (Wildman–Crippen MR) is 117 cm³/mol. The SMILES string of the molecule is N[C@@H](Cc1ccc(Br)cc1)Cc1nc(-c2ccc(S(=O)(=O)N3CCCC3)cc2)no1. The van der Waals surface area contributed by atoms with E-state index in [1.54, 1.807) is 24.3 Å². The summed E-state index contributed by atoms with van der Waals surface area (Å²) < 4.78 is 33.2. The van der Waals surface area contributed by atoms with Crippen LogP contribution in [0.3, 0.4) is 0 Å². The van der Waals surface area contributed by atoms with Gasteiger partial charge >= 0.3 is 0 Å². The topological polar surface area (TPSA) is 102 Å². The molecule has 2 N–H and O–H groups in total. The zero-order chi connectivity index (χ0) is 21.1. The largest absolute Gasteiger partial charge is 0.339 e. The summed E-state index contributed by atoms with van der Waals surface area (Å²) in [5.74, 6) is 0.884. The maximum Gasteiger partial charge on any atom is 0.243 e. The van der Waals surface area contributed by atoms with Crippen molar-refractivity contribution in [2.45, 2.75) is 36.6 Å². The zero-order valence-corrected chi connectivity index (χ0v) is 18.8. The predicted octanol–water partition coefficient (Wildman–Crippen LogP) is 3.40. The van der Waals surface area contributed by atoms with Gasteiger partial charge in [0.2, 0.25) is 21.7 Å². The summed E-state index contributed by atoms with van der Waals surface area (Å²) in [5.41, 5.74) is 8.08. The molecule has 0 saturated carbocycles. The number of halogens is 1. The fourth-order valence-corrected chi connectivity index (χ4v) is 5.31. The van der Waals surface area contributed by atoms with Gasteiger partial charge in [0, 0.05) is 35.6 Å². The smallest absolute Gasteiger partial charge is 0.243 e. The molecule has 0 spiro atoms. The number of sulfonamides is 1. The van der Waals surface area contributed by atoms with E-state index in [0.29, 0.717) is 43.2 Å². The molecule has 7 nitrogen and oxygen atoms in total. The Balaban J connectivity index is 1.41. The number of nitrogens with two attached hydrogens (primary N) is 1. The maximum atomic E-state index is 12.6. The zero-order valence-electron chi connectivity index (χ0n) is 16.4. The van der Waals surface area contributed by atoms with Crippen molar-refractivity contribution in [2.24, 2.45) is 5.73 Å². The molecule has 4 rings (SSSR count). The standard InChI is InChI=1S/C21H23BrN4O3S/c22-17-7-3-15(4-8-17)13-18(23)14-20-24-21(25-29-20)16-5-9-19(10-6-16)30(27,28)26-11-1-2-12-26/h3-10,18H,1-2,11-14,23H2/t18-/m0/s1. The van der Waals surface area contributed by atoms with Gasteiger partial charge in [-0.2, -0.15) is 9.29 Å². The molecule has 0 amide bonds. The lowest BCUT2D eigenvalue weighted by Gasteiger charge is -2.15. The quantitative estimate of drug-likeness (QED) is 0.544. The van der Waals surface area contributed by atoms with Gasteiger partial charge in [0.25, 0.3) is 0 Å². The van der Waals surface area contributed by atoms with Gasteiger partial charge in [0.05, 0.1) is 4.90 Å². The maximum absolute atomic E-state index is 12.6. The molecule has 2 aromatic carbocycles. The van der Waals surface area contributed by atoms with Crippen LogP contribution in [0.4, 0.5) is 0 Å². The number of rotatable bonds is 7. The van der Waals surface area contributed by atoms with Crippen LogP contribution >= 0.6 is 15.9 Å². The first-order chi connectivity index (χ1) is 14.4. The molecule has 9 heteroatoms. The lowest BCUT2D eigenvalue weighted by atomic mass is 10.0. The average molecular weight is 491 g/mol. The summed E-state index contributed by atoms with van der Waals surface area (Å²) in [4.78, 5) is 4.71. The van der Waals surface area contributed by atoms with Crippen LogP contribution in [0.15, 0.2) is 62.4 Å². The van der Waals surface area contributed by atoms with Crippen molar-refractivity contribution < 1.29 is 12.9 Å². The Labute approximate surface area is 184 Å². The van der Waals surface area contributed by atoms with Crippen LogP contribution in [0, 0.1) is 0 Å². The van der Waals surface area contributed by atoms with Gasteiger partial charge in [0.15, 0.2) is 0 Å². The highest BCUT2D eigenvalue weighted by Crippen LogP contribution is 2.24. The molecule has 1 fully saturated rings. The van der Waals surface area contributed by atoms with Gasteiger partial charge in [-0.25, -0.2) is 8.42 Å². The molecular weight excluding hydrogens is 468 g/mol. The van der Waals surface area contributed by atoms with E-state index in [1.807, 2.05) is 24.3 Å². The van der Waals surface area contributed by atoms with Crippen LogP contribution in [-0.2, 0) is 22.9 Å². The highest BCUT2D eigenvalue weighted by atomic mass is 79.9. The second kappa shape index (κ2) is 8.97. The third kappa shape index (κ3) is 4.80. The van der Waals surface area contributed by atoms with Crippen molar-refractivity contribution in [2.75, 3.05) is 13.1 Å². The van der Waals surface area contributed by atoms with Crippen molar-refractivity contribution in [3.8, 4) is 11.4 Å². The molecule has 0 unspecified atom stereocenters. The average Bonchev–Trinajstić information content (AvgIpc) is 3.42. The Kier molecular flexibility index (Phi) is 6.33. The Morgan fingerprint density at radius 1 is 1.03 bits per heavy atom. The van der Waals surface area contributed by atoms with Crippen LogP contribution in [0.5, 0.6) is 0 Å². The lowest BCUT2D eigenvalue weighted by molar-refractivity contribution is 0.369. The van der Waals surface area contributed by atoms with E-state index in [2.05, 4.69) is 26.1 Å². The molecular formula is C21H23BrN4O3S. The van der Waals surface area contributed by atoms with Gasteiger partial charge < -0.3 is 10.3 Å². The minimum Gasteiger partial charge on any atom is -0.339 e. The molecule has 1 atom stereocenters. The fourth-order valence-electron chi connectivity index (χ4n) is 3.53. The molecule has 1 aliphatic heterocycles. The molecule has 30 heavy (non-hydrogen) atoms. The van der Waals surface area contributed by atoms with Crippen molar-refractivity contribution in [3.63, 3.8) is 0 Å². The third-order valence-electron chi connectivity index (χ3n) is 5.13. The van der Waals surface area contributed by atoms with Gasteiger partial charge in [-0.1, -0.05) is 33.2 Å². The van der Waals surface area contributed by atoms with Gasteiger partial charge in [0.1, 0.15) is 0 Å². The number of aromatic nitrogens is 2. The first-order valence-electron chi connectivity index (χ1n) is 9.85. The highest BCUT2D eigenvalue weighted by molar-refractivity contribution is 9.10. The normalized spacial score (nSPS) is 16.1. The van der Waals surface area contributed by atoms with Crippen LogP contribution in [0.2, 0.25) is 0 Å². The second-order valence-corrected chi connectivity index (χ2v) is 10.3. The van der Waals surface area contributed by atoms with E-state index in [-0.39, 0.29) is 10.9 Å². The highest BCUT2D eigenvalue weighted by Gasteiger charge is 2.27. The fraction of sp³-hybridized carbons (Fsp3) is 0.333. The molecule has 1 aromatic heterocycles. The second-order valence-electron chi connectivity index (χ2n) is 7.44. The van der Waals surface area contributed by atoms with Crippen molar-refractivity contribution in [1.29, 1.82) is 0 Å². The van der Waals surface area contributed by atoms with E-state index in [9.17, 15) is 8.42 Å². The number of hydrogen-bond acceptors (Lipinski definition) is 6. The molecule has 0 aliphatic carbocycles. The first-order valence-corrected chi connectivity index (χ1v) is 12.1. The van der Waals surface area contributed by atoms with Crippen molar-refractivity contribution in [3.05, 3.63) is 64.5 Å². The van der Waals surface area contributed by atoms with Crippen LogP contribution in [-0.4, -0.2) is 42.0 Å². The monoisotopic (exact) mass is 490 g/mol. The lowest BCUT2D eigenvalue weighted by Crippen LogP contribution is -2.27. The summed E-state index contributed by atoms with van der Waals surface area (Å²) in [6, 6.07) is 14.5. The van der Waals surface area contributed by atoms with Crippen LogP contribution < -0.4 is 5.73 Å². The van der Waals surface area contributed by atoms with Gasteiger partial charge in [-0.15, -0.1) is 0 Å². The minimum absolute atomic E-state index is 0.146. The van der Waals surface area contributed by atoms with Crippen molar-refractivity contribution in [1.82, 2.24) is 14.4 Å². The van der Waals surface area contributed by atoms with E-state index in [1.165, 1.54) is 4.31 Å². The molecule has 1 aliphatic rings. The molecule has 3 aromatic rings. The van der Waals surface area contributed by atoms with E-state index >= 15 is 0 Å². The summed E-state index contributed by atoms with van der Waals surface area (Å²) in [5, 5.41) is 4.02. The molecule has 158 valence electrons. The number of nitrogens with zero attached hydrogens (tertiary/aromatic N) is 3. The minimum atomic E-state index is -3.43. The molecule has 2 heterocycles. The first kappa shape index (κ1) is 21.2. The summed E-state index contributed by atoms with van der Waals surface area (Å²) in [6.45, 7) is 1.16. The Morgan fingerprint density at radius 3 is 2.37 bits per heavy atom. The van der Waals surface area contributed by atoms with Gasteiger partial charge in [-0.3, -0.25) is 0 Å². The van der Waals surface area contributed by atoms with E-state index in [4.69, 9.17) is 10.3 Å². The van der Waals surface area contributed by atoms with Crippen LogP contribution in [0.1, 0.15) is 24.3 Å². The summed E-state index contributed by atoms with van der Waals surface area (Å²) in [6.07, 6.45) is 2.98. The Bertz CT molecular complexity index is 1090. The van der Waals surface area contributed by atoms with Crippen LogP contribution in [0.25, 0.3) is 11.4 Å². The number of benzene rings is 2. The molecule has 0 radical (unpaired) electrons. The molecule has 1 saturated heterocycles. The summed E-state index contributed by atoms with van der Waals surface area (Å²) in [7, 11) is -3.43. The Morgan fingerprint density at radius 2 is 1.70 bits per heavy atom. The van der Waals surface area contributed by atoms with E-state index in [0.717, 1.165) is 22.9 Å².